The molecule has 1 saturated carbocycles. The fourth-order valence-electron chi connectivity index (χ4n) is 1.62. The number of Topliss-reactive ketones (excluding diaryl/α,β-unsaturated/α-hetero) is 2. The van der Waals surface area contributed by atoms with Crippen LogP contribution in [0, 0.1) is 5.41 Å². The van der Waals surface area contributed by atoms with Crippen molar-refractivity contribution in [2.45, 2.75) is 6.04 Å². The largest absolute Gasteiger partial charge is 0.379 e. The number of ketones is 2. The molecule has 1 aliphatic heterocycles. The predicted molar refractivity (Wildman–Crippen MR) is 43.9 cm³/mol. The van der Waals surface area contributed by atoms with E-state index >= 15 is 0 Å². The van der Waals surface area contributed by atoms with Crippen molar-refractivity contribution in [1.82, 2.24) is 4.90 Å². The molecule has 0 aromatic rings. The number of morpholine rings is 1. The molecule has 1 N–H and O–H groups in total. The van der Waals surface area contributed by atoms with E-state index < -0.39 is 17.6 Å². The Morgan fingerprint density at radius 1 is 1.31 bits per heavy atom. The third-order valence-electron chi connectivity index (χ3n) is 2.40. The van der Waals surface area contributed by atoms with Gasteiger partial charge in [-0.3, -0.25) is 19.9 Å². The fraction of sp³-hybridized carbons (Fsp3) is 0.625. The number of carbonyl (C=O) groups is 2. The molecule has 0 amide bonds. The van der Waals surface area contributed by atoms with Crippen molar-refractivity contribution in [2.24, 2.45) is 0 Å². The molecule has 5 nitrogen and oxygen atoms in total. The van der Waals surface area contributed by atoms with Crippen LogP contribution in [-0.4, -0.2) is 54.5 Å². The maximum atomic E-state index is 11.1. The van der Waals surface area contributed by atoms with Crippen LogP contribution in [0.5, 0.6) is 0 Å². The summed E-state index contributed by atoms with van der Waals surface area (Å²) in [5, 5.41) is 7.31. The second kappa shape index (κ2) is 3.01. The van der Waals surface area contributed by atoms with E-state index in [1.807, 2.05) is 4.90 Å². The van der Waals surface area contributed by atoms with E-state index in [1.54, 1.807) is 0 Å². The molecule has 1 saturated heterocycles. The second-order valence-electron chi connectivity index (χ2n) is 3.16. The lowest BCUT2D eigenvalue weighted by molar-refractivity contribution is -0.139. The highest BCUT2D eigenvalue weighted by Crippen LogP contribution is 2.15. The van der Waals surface area contributed by atoms with Crippen LogP contribution in [0.3, 0.4) is 0 Å². The van der Waals surface area contributed by atoms with Gasteiger partial charge >= 0.3 is 0 Å². The summed E-state index contributed by atoms with van der Waals surface area (Å²) in [6.07, 6.45) is 0. The Bertz CT molecular complexity index is 263. The Kier molecular flexibility index (Phi) is 1.97. The van der Waals surface area contributed by atoms with Crippen LogP contribution in [-0.2, 0) is 14.3 Å². The number of rotatable bonds is 1. The van der Waals surface area contributed by atoms with Crippen LogP contribution in [0.25, 0.3) is 0 Å². The molecule has 2 fully saturated rings. The molecule has 5 heteroatoms. The first kappa shape index (κ1) is 8.52. The van der Waals surface area contributed by atoms with Gasteiger partial charge in [0, 0.05) is 13.1 Å². The van der Waals surface area contributed by atoms with Crippen molar-refractivity contribution in [3.63, 3.8) is 0 Å². The summed E-state index contributed by atoms with van der Waals surface area (Å²) < 4.78 is 5.11. The maximum Gasteiger partial charge on any atom is 0.246 e. The molecule has 0 spiro atoms. The zero-order chi connectivity index (χ0) is 9.42. The average molecular weight is 182 g/mol. The van der Waals surface area contributed by atoms with Crippen LogP contribution >= 0.6 is 0 Å². The molecule has 2 rings (SSSR count). The summed E-state index contributed by atoms with van der Waals surface area (Å²) in [6.45, 7) is 2.41. The van der Waals surface area contributed by atoms with Crippen molar-refractivity contribution < 1.29 is 14.3 Å². The highest BCUT2D eigenvalue weighted by molar-refractivity contribution is 6.79. The first-order valence-electron chi connectivity index (χ1n) is 4.20. The molecule has 0 bridgehead atoms. The highest BCUT2D eigenvalue weighted by Gasteiger charge is 2.48. The smallest absolute Gasteiger partial charge is 0.246 e. The monoisotopic (exact) mass is 182 g/mol. The van der Waals surface area contributed by atoms with Gasteiger partial charge in [-0.05, 0) is 0 Å². The minimum absolute atomic E-state index is 0.0631. The summed E-state index contributed by atoms with van der Waals surface area (Å²) >= 11 is 0. The summed E-state index contributed by atoms with van der Waals surface area (Å²) in [5.41, 5.74) is -0.0631. The van der Waals surface area contributed by atoms with Gasteiger partial charge < -0.3 is 4.74 Å². The Hall–Kier alpha value is -1.07. The lowest BCUT2D eigenvalue weighted by Gasteiger charge is -2.37. The van der Waals surface area contributed by atoms with E-state index in [0.717, 1.165) is 0 Å². The first-order chi connectivity index (χ1) is 6.22. The zero-order valence-corrected chi connectivity index (χ0v) is 7.08. The van der Waals surface area contributed by atoms with E-state index in [4.69, 9.17) is 10.1 Å². The van der Waals surface area contributed by atoms with E-state index in [9.17, 15) is 9.59 Å². The minimum Gasteiger partial charge on any atom is -0.379 e. The average Bonchev–Trinajstić information content (AvgIpc) is 2.19. The van der Waals surface area contributed by atoms with Crippen LogP contribution in [0.15, 0.2) is 0 Å². The molecule has 1 aliphatic carbocycles. The van der Waals surface area contributed by atoms with Gasteiger partial charge in [0.15, 0.2) is 0 Å². The lowest BCUT2D eigenvalue weighted by atomic mass is 9.85. The Labute approximate surface area is 75.2 Å². The van der Waals surface area contributed by atoms with E-state index in [1.165, 1.54) is 0 Å². The van der Waals surface area contributed by atoms with Gasteiger partial charge in [0.1, 0.15) is 11.8 Å². The summed E-state index contributed by atoms with van der Waals surface area (Å²) in [7, 11) is 0. The van der Waals surface area contributed by atoms with E-state index in [-0.39, 0.29) is 5.71 Å². The van der Waals surface area contributed by atoms with Gasteiger partial charge in [-0.25, -0.2) is 0 Å². The molecule has 1 heterocycles. The molecular weight excluding hydrogens is 172 g/mol. The Morgan fingerprint density at radius 3 is 2.46 bits per heavy atom. The van der Waals surface area contributed by atoms with Crippen LogP contribution < -0.4 is 0 Å². The highest BCUT2D eigenvalue weighted by atomic mass is 16.5. The number of nitrogens with one attached hydrogen (secondary N) is 1. The number of hydrogen-bond acceptors (Lipinski definition) is 5. The quantitative estimate of drug-likeness (QED) is 0.520. The molecule has 0 radical (unpaired) electrons. The van der Waals surface area contributed by atoms with Gasteiger partial charge in [0.2, 0.25) is 11.6 Å². The number of hydrogen-bond donors (Lipinski definition) is 1. The minimum atomic E-state index is -0.628. The number of nitrogens with zero attached hydrogens (tertiary/aromatic N) is 1. The zero-order valence-electron chi connectivity index (χ0n) is 7.08. The van der Waals surface area contributed by atoms with Gasteiger partial charge in [0.25, 0.3) is 0 Å². The molecule has 1 atom stereocenters. The van der Waals surface area contributed by atoms with Crippen LogP contribution in [0.2, 0.25) is 0 Å². The molecule has 0 aromatic carbocycles. The molecule has 2 aliphatic rings. The van der Waals surface area contributed by atoms with Crippen LogP contribution in [0.4, 0.5) is 0 Å². The predicted octanol–water partition coefficient (Wildman–Crippen LogP) is -1.14. The topological polar surface area (TPSA) is 70.5 Å². The normalized spacial score (nSPS) is 30.5. The molecular formula is C8H10N2O3. The van der Waals surface area contributed by atoms with Crippen molar-refractivity contribution >= 4 is 17.3 Å². The first-order valence-corrected chi connectivity index (χ1v) is 4.20. The number of ether oxygens (including phenoxy) is 1. The van der Waals surface area contributed by atoms with E-state index in [0.29, 0.717) is 26.3 Å². The fourth-order valence-corrected chi connectivity index (χ4v) is 1.62. The van der Waals surface area contributed by atoms with Crippen LogP contribution in [0.1, 0.15) is 0 Å². The van der Waals surface area contributed by atoms with Gasteiger partial charge in [-0.15, -0.1) is 0 Å². The van der Waals surface area contributed by atoms with Crippen molar-refractivity contribution in [3.8, 4) is 0 Å². The van der Waals surface area contributed by atoms with Crippen molar-refractivity contribution in [1.29, 1.82) is 5.41 Å². The Morgan fingerprint density at radius 2 is 1.92 bits per heavy atom. The van der Waals surface area contributed by atoms with Gasteiger partial charge in [0.05, 0.1) is 13.2 Å². The summed E-state index contributed by atoms with van der Waals surface area (Å²) in [4.78, 5) is 23.7. The lowest BCUT2D eigenvalue weighted by Crippen LogP contribution is -2.64. The van der Waals surface area contributed by atoms with Crippen molar-refractivity contribution in [2.75, 3.05) is 26.3 Å². The van der Waals surface area contributed by atoms with Crippen molar-refractivity contribution in [3.05, 3.63) is 0 Å². The molecule has 0 unspecified atom stereocenters. The molecule has 70 valence electrons. The standard InChI is InChI=1S/C8H10N2O3/c9-5-6(8(12)7(5)11)10-1-3-13-4-2-10/h6,9H,1-4H2/t6-/m0/s1. The van der Waals surface area contributed by atoms with E-state index in [2.05, 4.69) is 0 Å². The second-order valence-corrected chi connectivity index (χ2v) is 3.16. The Balaban J connectivity index is 2.05. The molecule has 0 aromatic heterocycles. The summed E-state index contributed by atoms with van der Waals surface area (Å²) in [5.74, 6) is -1.07. The van der Waals surface area contributed by atoms with Gasteiger partial charge in [-0.2, -0.15) is 0 Å². The van der Waals surface area contributed by atoms with Gasteiger partial charge in [-0.1, -0.05) is 0 Å². The SMILES string of the molecule is N=C1C(=O)C(=O)[C@H]1N1CCOCC1. The summed E-state index contributed by atoms with van der Waals surface area (Å²) in [6, 6.07) is -0.573. The molecule has 13 heavy (non-hydrogen) atoms. The maximum absolute atomic E-state index is 11.1. The number of carbonyl (C=O) groups excluding carboxylic acids is 2. The third-order valence-corrected chi connectivity index (χ3v) is 2.40. The third kappa shape index (κ3) is 1.20.